The van der Waals surface area contributed by atoms with Crippen molar-refractivity contribution in [1.82, 2.24) is 5.32 Å². The molecule has 1 unspecified atom stereocenters. The average molecular weight is 183 g/mol. The molecule has 2 nitrogen and oxygen atoms in total. The van der Waals surface area contributed by atoms with Gasteiger partial charge in [0.15, 0.2) is 0 Å². The SMILES string of the molecule is C=C=CCOCC(CC)CNCC. The molecule has 0 fully saturated rings. The first kappa shape index (κ1) is 12.4. The molecule has 0 heterocycles. The van der Waals surface area contributed by atoms with Crippen LogP contribution in [-0.2, 0) is 4.74 Å². The van der Waals surface area contributed by atoms with Crippen molar-refractivity contribution in [3.05, 3.63) is 18.4 Å². The van der Waals surface area contributed by atoms with Gasteiger partial charge in [-0.2, -0.15) is 0 Å². The van der Waals surface area contributed by atoms with E-state index in [1.807, 2.05) is 0 Å². The van der Waals surface area contributed by atoms with Crippen LogP contribution in [0.1, 0.15) is 20.3 Å². The third-order valence-electron chi connectivity index (χ3n) is 1.96. The van der Waals surface area contributed by atoms with E-state index in [2.05, 4.69) is 31.5 Å². The Labute approximate surface area is 81.7 Å². The molecule has 0 aliphatic rings. The molecule has 0 rings (SSSR count). The monoisotopic (exact) mass is 183 g/mol. The van der Waals surface area contributed by atoms with E-state index >= 15 is 0 Å². The van der Waals surface area contributed by atoms with E-state index in [0.717, 1.165) is 26.1 Å². The van der Waals surface area contributed by atoms with Gasteiger partial charge in [-0.1, -0.05) is 20.4 Å². The lowest BCUT2D eigenvalue weighted by Crippen LogP contribution is -2.25. The fourth-order valence-corrected chi connectivity index (χ4v) is 1.02. The molecule has 2 heteroatoms. The summed E-state index contributed by atoms with van der Waals surface area (Å²) in [5.41, 5.74) is 2.69. The highest BCUT2D eigenvalue weighted by molar-refractivity contribution is 4.74. The van der Waals surface area contributed by atoms with Crippen molar-refractivity contribution < 1.29 is 4.74 Å². The van der Waals surface area contributed by atoms with Gasteiger partial charge in [0.05, 0.1) is 13.2 Å². The van der Waals surface area contributed by atoms with Gasteiger partial charge in [-0.25, -0.2) is 0 Å². The van der Waals surface area contributed by atoms with E-state index in [1.54, 1.807) is 6.08 Å². The molecule has 0 radical (unpaired) electrons. The molecule has 0 amide bonds. The Morgan fingerprint density at radius 3 is 2.85 bits per heavy atom. The predicted octanol–water partition coefficient (Wildman–Crippen LogP) is 1.98. The minimum Gasteiger partial charge on any atom is -0.376 e. The summed E-state index contributed by atoms with van der Waals surface area (Å²) in [5, 5.41) is 3.32. The molecule has 0 aromatic rings. The van der Waals surface area contributed by atoms with Crippen LogP contribution in [0, 0.1) is 5.92 Å². The van der Waals surface area contributed by atoms with Crippen LogP contribution >= 0.6 is 0 Å². The Kier molecular flexibility index (Phi) is 9.12. The Morgan fingerprint density at radius 1 is 1.54 bits per heavy atom. The highest BCUT2D eigenvalue weighted by atomic mass is 16.5. The summed E-state index contributed by atoms with van der Waals surface area (Å²) in [6, 6.07) is 0. The fourth-order valence-electron chi connectivity index (χ4n) is 1.02. The van der Waals surface area contributed by atoms with E-state index in [0.29, 0.717) is 12.5 Å². The molecule has 0 saturated carbocycles. The number of ether oxygens (including phenoxy) is 1. The minimum atomic E-state index is 0.623. The molecule has 0 bridgehead atoms. The third kappa shape index (κ3) is 7.79. The topological polar surface area (TPSA) is 21.3 Å². The Balaban J connectivity index is 3.41. The lowest BCUT2D eigenvalue weighted by atomic mass is 10.1. The maximum absolute atomic E-state index is 5.43. The summed E-state index contributed by atoms with van der Waals surface area (Å²) in [4.78, 5) is 0. The predicted molar refractivity (Wildman–Crippen MR) is 56.9 cm³/mol. The lowest BCUT2D eigenvalue weighted by Gasteiger charge is -2.14. The van der Waals surface area contributed by atoms with E-state index < -0.39 is 0 Å². The van der Waals surface area contributed by atoms with Gasteiger partial charge in [-0.05, 0) is 25.0 Å². The first-order valence-corrected chi connectivity index (χ1v) is 4.97. The van der Waals surface area contributed by atoms with E-state index in [4.69, 9.17) is 4.74 Å². The molecule has 0 aliphatic heterocycles. The third-order valence-corrected chi connectivity index (χ3v) is 1.96. The van der Waals surface area contributed by atoms with Crippen LogP contribution in [-0.4, -0.2) is 26.3 Å². The summed E-state index contributed by atoms with van der Waals surface area (Å²) in [7, 11) is 0. The van der Waals surface area contributed by atoms with E-state index in [1.165, 1.54) is 0 Å². The standard InChI is InChI=1S/C11H21NO/c1-4-7-8-13-10-11(5-2)9-12-6-3/h7,11-12H,1,5-6,8-10H2,2-3H3. The second kappa shape index (κ2) is 9.53. The number of hydrogen-bond donors (Lipinski definition) is 1. The molecule has 0 aliphatic carbocycles. The summed E-state index contributed by atoms with van der Waals surface area (Å²) in [6.07, 6.45) is 2.96. The van der Waals surface area contributed by atoms with Crippen molar-refractivity contribution in [3.63, 3.8) is 0 Å². The lowest BCUT2D eigenvalue weighted by molar-refractivity contribution is 0.120. The Morgan fingerprint density at radius 2 is 2.31 bits per heavy atom. The van der Waals surface area contributed by atoms with Gasteiger partial charge in [0.25, 0.3) is 0 Å². The van der Waals surface area contributed by atoms with Gasteiger partial charge in [0.2, 0.25) is 0 Å². The van der Waals surface area contributed by atoms with Crippen LogP contribution in [0.3, 0.4) is 0 Å². The zero-order valence-corrected chi connectivity index (χ0v) is 8.81. The highest BCUT2D eigenvalue weighted by Crippen LogP contribution is 2.01. The van der Waals surface area contributed by atoms with Crippen molar-refractivity contribution in [2.75, 3.05) is 26.3 Å². The molecule has 0 aromatic heterocycles. The zero-order chi connectivity index (χ0) is 9.94. The van der Waals surface area contributed by atoms with Crippen LogP contribution in [0.15, 0.2) is 18.4 Å². The maximum atomic E-state index is 5.43. The molecule has 0 spiro atoms. The second-order valence-corrected chi connectivity index (χ2v) is 3.03. The number of rotatable bonds is 8. The van der Waals surface area contributed by atoms with Crippen molar-refractivity contribution in [3.8, 4) is 0 Å². The fraction of sp³-hybridized carbons (Fsp3) is 0.727. The largest absolute Gasteiger partial charge is 0.376 e. The van der Waals surface area contributed by atoms with Crippen LogP contribution < -0.4 is 5.32 Å². The molecule has 1 atom stereocenters. The Hall–Kier alpha value is -0.560. The molecule has 0 saturated heterocycles. The van der Waals surface area contributed by atoms with Crippen molar-refractivity contribution in [2.24, 2.45) is 5.92 Å². The van der Waals surface area contributed by atoms with Crippen LogP contribution in [0.25, 0.3) is 0 Å². The summed E-state index contributed by atoms with van der Waals surface area (Å²) < 4.78 is 5.43. The summed E-state index contributed by atoms with van der Waals surface area (Å²) >= 11 is 0. The quantitative estimate of drug-likeness (QED) is 0.459. The molecule has 76 valence electrons. The molecular weight excluding hydrogens is 162 g/mol. The highest BCUT2D eigenvalue weighted by Gasteiger charge is 2.04. The summed E-state index contributed by atoms with van der Waals surface area (Å²) in [5.74, 6) is 0.623. The summed E-state index contributed by atoms with van der Waals surface area (Å²) in [6.45, 7) is 11.3. The Bertz CT molecular complexity index is 150. The normalized spacial score (nSPS) is 12.2. The van der Waals surface area contributed by atoms with Crippen molar-refractivity contribution in [1.29, 1.82) is 0 Å². The van der Waals surface area contributed by atoms with Gasteiger partial charge in [-0.3, -0.25) is 0 Å². The van der Waals surface area contributed by atoms with Gasteiger partial charge in [0, 0.05) is 6.54 Å². The van der Waals surface area contributed by atoms with E-state index in [-0.39, 0.29) is 0 Å². The first-order valence-electron chi connectivity index (χ1n) is 4.97. The van der Waals surface area contributed by atoms with E-state index in [9.17, 15) is 0 Å². The van der Waals surface area contributed by atoms with Crippen molar-refractivity contribution in [2.45, 2.75) is 20.3 Å². The zero-order valence-electron chi connectivity index (χ0n) is 8.81. The van der Waals surface area contributed by atoms with Gasteiger partial charge in [-0.15, -0.1) is 5.73 Å². The second-order valence-electron chi connectivity index (χ2n) is 3.03. The first-order chi connectivity index (χ1) is 6.35. The van der Waals surface area contributed by atoms with Gasteiger partial charge < -0.3 is 10.1 Å². The van der Waals surface area contributed by atoms with Crippen molar-refractivity contribution >= 4 is 0 Å². The molecule has 13 heavy (non-hydrogen) atoms. The minimum absolute atomic E-state index is 0.623. The molecule has 1 N–H and O–H groups in total. The number of nitrogens with one attached hydrogen (secondary N) is 1. The molecular formula is C11H21NO. The van der Waals surface area contributed by atoms with Crippen LogP contribution in [0.5, 0.6) is 0 Å². The van der Waals surface area contributed by atoms with Gasteiger partial charge >= 0.3 is 0 Å². The number of hydrogen-bond acceptors (Lipinski definition) is 2. The maximum Gasteiger partial charge on any atom is 0.0721 e. The molecule has 0 aromatic carbocycles. The van der Waals surface area contributed by atoms with Gasteiger partial charge in [0.1, 0.15) is 0 Å². The smallest absolute Gasteiger partial charge is 0.0721 e. The van der Waals surface area contributed by atoms with Crippen LogP contribution in [0.4, 0.5) is 0 Å². The van der Waals surface area contributed by atoms with Crippen LogP contribution in [0.2, 0.25) is 0 Å². The average Bonchev–Trinajstić information content (AvgIpc) is 2.17.